The lowest BCUT2D eigenvalue weighted by Gasteiger charge is -2.25. The monoisotopic (exact) mass is 938 g/mol. The Morgan fingerprint density at radius 3 is 1.40 bits per heavy atom. The van der Waals surface area contributed by atoms with Gasteiger partial charge < -0.3 is 14.0 Å². The first-order valence-electron chi connectivity index (χ1n) is 25.8. The van der Waals surface area contributed by atoms with Crippen molar-refractivity contribution in [1.82, 2.24) is 14.1 Å². The van der Waals surface area contributed by atoms with Crippen molar-refractivity contribution in [2.75, 3.05) is 4.90 Å². The van der Waals surface area contributed by atoms with Gasteiger partial charge in [-0.25, -0.2) is 0 Å². The van der Waals surface area contributed by atoms with Crippen LogP contribution in [0.1, 0.15) is 43.7 Å². The quantitative estimate of drug-likeness (QED) is 0.122. The molecule has 0 fully saturated rings. The Balaban J connectivity index is 0.918. The van der Waals surface area contributed by atoms with Gasteiger partial charge in [-0.1, -0.05) is 141 Å². The van der Waals surface area contributed by atoms with Crippen molar-refractivity contribution >= 4 is 66.2 Å². The lowest BCUT2D eigenvalue weighted by molar-refractivity contribution is 0.795. The second kappa shape index (κ2) is 19.0. The van der Waals surface area contributed by atoms with Gasteiger partial charge in [0.2, 0.25) is 0 Å². The maximum absolute atomic E-state index is 4.36. The van der Waals surface area contributed by atoms with Crippen LogP contribution in [-0.4, -0.2) is 14.1 Å². The zero-order valence-electron chi connectivity index (χ0n) is 41.0. The van der Waals surface area contributed by atoms with Gasteiger partial charge in [0, 0.05) is 62.4 Å². The summed E-state index contributed by atoms with van der Waals surface area (Å²) in [5.74, 6) is 0. The van der Waals surface area contributed by atoms with Gasteiger partial charge in [0.15, 0.2) is 0 Å². The highest BCUT2D eigenvalue weighted by atomic mass is 15.1. The third kappa shape index (κ3) is 8.21. The summed E-state index contributed by atoms with van der Waals surface area (Å²) in [7, 11) is 0. The van der Waals surface area contributed by atoms with Crippen LogP contribution in [0, 0.1) is 0 Å². The number of unbranched alkanes of at least 4 members (excludes halogenated alkanes) is 1. The number of para-hydroxylation sites is 2. The summed E-state index contributed by atoms with van der Waals surface area (Å²) in [4.78, 5) is 6.66. The molecule has 0 spiro atoms. The van der Waals surface area contributed by atoms with Crippen molar-refractivity contribution in [3.05, 3.63) is 260 Å². The number of rotatable bonds is 12. The minimum atomic E-state index is 1.07. The van der Waals surface area contributed by atoms with Gasteiger partial charge in [-0.3, -0.25) is 4.98 Å². The molecule has 0 N–H and O–H groups in total. The summed E-state index contributed by atoms with van der Waals surface area (Å²) in [5, 5.41) is 4.95. The molecule has 73 heavy (non-hydrogen) atoms. The Morgan fingerprint density at radius 2 is 0.877 bits per heavy atom. The van der Waals surface area contributed by atoms with Crippen molar-refractivity contribution in [1.29, 1.82) is 0 Å². The van der Waals surface area contributed by atoms with Gasteiger partial charge in [0.25, 0.3) is 0 Å². The number of aryl methyl sites for hydroxylation is 1. The van der Waals surface area contributed by atoms with E-state index < -0.39 is 0 Å². The minimum Gasteiger partial charge on any atom is -0.311 e. The molecular weight excluding hydrogens is 885 g/mol. The van der Waals surface area contributed by atoms with Crippen LogP contribution in [0.25, 0.3) is 93.9 Å². The number of benzene rings is 9. The highest BCUT2D eigenvalue weighted by Gasteiger charge is 2.19. The van der Waals surface area contributed by atoms with E-state index in [-0.39, 0.29) is 0 Å². The molecule has 13 rings (SSSR count). The predicted molar refractivity (Wildman–Crippen MR) is 309 cm³/mol. The Kier molecular flexibility index (Phi) is 11.4. The molecule has 4 nitrogen and oxygen atoms in total. The minimum absolute atomic E-state index is 1.07. The highest BCUT2D eigenvalue weighted by Crippen LogP contribution is 2.41. The van der Waals surface area contributed by atoms with Crippen molar-refractivity contribution in [3.63, 3.8) is 0 Å². The normalized spacial score (nSPS) is 12.5. The largest absolute Gasteiger partial charge is 0.311 e. The van der Waals surface area contributed by atoms with Crippen LogP contribution in [0.15, 0.2) is 249 Å². The lowest BCUT2D eigenvalue weighted by atomic mass is 9.96. The van der Waals surface area contributed by atoms with Crippen molar-refractivity contribution in [3.8, 4) is 44.8 Å². The van der Waals surface area contributed by atoms with Crippen LogP contribution in [0.5, 0.6) is 0 Å². The van der Waals surface area contributed by atoms with Crippen molar-refractivity contribution in [2.45, 2.75) is 39.0 Å². The summed E-state index contributed by atoms with van der Waals surface area (Å²) in [6.45, 7) is 2.27. The zero-order valence-corrected chi connectivity index (χ0v) is 41.0. The average molecular weight is 939 g/mol. The smallest absolute Gasteiger partial charge is 0.0541 e. The average Bonchev–Trinajstić information content (AvgIpc) is 3.98. The molecule has 350 valence electrons. The molecular formula is C69H54N4. The Bertz CT molecular complexity index is 3990. The molecule has 1 aliphatic carbocycles. The second-order valence-electron chi connectivity index (χ2n) is 19.3. The number of hydrogen-bond donors (Lipinski definition) is 0. The van der Waals surface area contributed by atoms with Gasteiger partial charge in [0.05, 0.1) is 22.1 Å². The van der Waals surface area contributed by atoms with Crippen LogP contribution in [0.4, 0.5) is 17.1 Å². The number of pyridine rings is 1. The molecule has 1 aliphatic rings. The summed E-state index contributed by atoms with van der Waals surface area (Å²) >= 11 is 0. The number of nitrogens with zero attached hydrogens (tertiary/aromatic N) is 4. The number of fused-ring (bicyclic) bond motifs is 6. The van der Waals surface area contributed by atoms with Crippen LogP contribution in [0.2, 0.25) is 0 Å². The molecule has 0 saturated carbocycles. The molecule has 0 unspecified atom stereocenters. The van der Waals surface area contributed by atoms with Gasteiger partial charge >= 0.3 is 0 Å². The molecule has 4 heteroatoms. The van der Waals surface area contributed by atoms with Gasteiger partial charge in [-0.2, -0.15) is 0 Å². The topological polar surface area (TPSA) is 26.0 Å². The van der Waals surface area contributed by atoms with E-state index in [0.717, 1.165) is 47.7 Å². The molecule has 3 aromatic heterocycles. The lowest BCUT2D eigenvalue weighted by Crippen LogP contribution is -2.09. The van der Waals surface area contributed by atoms with Crippen LogP contribution >= 0.6 is 0 Å². The Morgan fingerprint density at radius 1 is 0.411 bits per heavy atom. The molecule has 0 amide bonds. The highest BCUT2D eigenvalue weighted by molar-refractivity contribution is 6.14. The maximum atomic E-state index is 4.36. The predicted octanol–water partition coefficient (Wildman–Crippen LogP) is 18.8. The van der Waals surface area contributed by atoms with E-state index in [2.05, 4.69) is 263 Å². The second-order valence-corrected chi connectivity index (χ2v) is 19.3. The number of anilines is 3. The standard InChI is InChI=1S/C69H54N4/c1-2-3-14-48-15-13-18-52(43-48)54-28-36-66-63(45-54)65-47-55(56-30-38-69-64(46-56)62-44-53(49-16-7-4-8-17-49)27-35-68(62)73(69)61-39-41-70-42-40-61)29-37-67(65)72(66)60-33-25-51(26-34-60)50-23-31-59(32-24-50)71(57-19-9-5-10-20-57)58-21-11-6-12-22-58/h5-7,9-13,15-47H,2-4,8,14H2,1H3. The van der Waals surface area contributed by atoms with Crippen LogP contribution in [0.3, 0.4) is 0 Å². The van der Waals surface area contributed by atoms with Crippen LogP contribution < -0.4 is 4.90 Å². The van der Waals surface area contributed by atoms with E-state index in [1.54, 1.807) is 0 Å². The SMILES string of the molecule is CCCCc1cccc(-c2ccc3c(c2)c2cc(-c4ccc5c(c4)c4cc(C6=CCCC=C6)ccc4n5-c4ccncc4)ccc2n3-c2ccc(-c3ccc(N(c4ccccc4)c4ccccc4)cc3)cc2)c1. The van der Waals surface area contributed by atoms with E-state index in [1.165, 1.54) is 107 Å². The van der Waals surface area contributed by atoms with E-state index in [0.29, 0.717) is 0 Å². The third-order valence-electron chi connectivity index (χ3n) is 14.8. The fourth-order valence-corrected chi connectivity index (χ4v) is 11.1. The third-order valence-corrected chi connectivity index (χ3v) is 14.8. The van der Waals surface area contributed by atoms with E-state index in [1.807, 2.05) is 12.4 Å². The number of allylic oxidation sites excluding steroid dienone is 4. The molecule has 9 aromatic carbocycles. The van der Waals surface area contributed by atoms with Gasteiger partial charge in [-0.15, -0.1) is 0 Å². The molecule has 3 heterocycles. The Labute approximate surface area is 427 Å². The first kappa shape index (κ1) is 44.0. The molecule has 0 saturated heterocycles. The maximum Gasteiger partial charge on any atom is 0.0541 e. The van der Waals surface area contributed by atoms with E-state index in [9.17, 15) is 0 Å². The van der Waals surface area contributed by atoms with Gasteiger partial charge in [-0.05, 0) is 185 Å². The molecule has 0 aliphatic heterocycles. The van der Waals surface area contributed by atoms with Crippen molar-refractivity contribution in [2.24, 2.45) is 0 Å². The number of hydrogen-bond acceptors (Lipinski definition) is 2. The van der Waals surface area contributed by atoms with Crippen molar-refractivity contribution < 1.29 is 0 Å². The molecule has 0 radical (unpaired) electrons. The van der Waals surface area contributed by atoms with Gasteiger partial charge in [0.1, 0.15) is 0 Å². The summed E-state index contributed by atoms with van der Waals surface area (Å²) < 4.78 is 4.83. The molecule has 0 bridgehead atoms. The summed E-state index contributed by atoms with van der Waals surface area (Å²) in [6, 6.07) is 80.6. The first-order chi connectivity index (χ1) is 36.1. The molecule has 12 aromatic rings. The summed E-state index contributed by atoms with van der Waals surface area (Å²) in [6.07, 6.45) is 16.3. The first-order valence-corrected chi connectivity index (χ1v) is 25.8. The van der Waals surface area contributed by atoms with E-state index in [4.69, 9.17) is 0 Å². The fourth-order valence-electron chi connectivity index (χ4n) is 11.1. The van der Waals surface area contributed by atoms with Crippen LogP contribution in [-0.2, 0) is 6.42 Å². The molecule has 0 atom stereocenters. The van der Waals surface area contributed by atoms with E-state index >= 15 is 0 Å². The summed E-state index contributed by atoms with van der Waals surface area (Å²) in [5.41, 5.74) is 21.5. The number of aromatic nitrogens is 3. The Hall–Kier alpha value is -8.99. The fraction of sp³-hybridized carbons (Fsp3) is 0.0870. The zero-order chi connectivity index (χ0) is 48.7.